The maximum atomic E-state index is 5.50. The van der Waals surface area contributed by atoms with Crippen molar-refractivity contribution >= 4 is 0 Å². The third kappa shape index (κ3) is 0.582. The molecule has 1 aliphatic rings. The normalized spacial score (nSPS) is 40.2. The van der Waals surface area contributed by atoms with Gasteiger partial charge >= 0.3 is 0 Å². The molecule has 58 valence electrons. The van der Waals surface area contributed by atoms with Crippen molar-refractivity contribution in [2.24, 2.45) is 16.6 Å². The Bertz CT molecular complexity index is 179. The lowest BCUT2D eigenvalue weighted by atomic mass is 9.96. The molecule has 0 amide bonds. The van der Waals surface area contributed by atoms with Crippen LogP contribution in [0.1, 0.15) is 34.1 Å². The highest BCUT2D eigenvalue weighted by Gasteiger charge is 2.61. The van der Waals surface area contributed by atoms with Crippen molar-refractivity contribution in [2.45, 2.75) is 34.1 Å². The second kappa shape index (κ2) is 1.77. The van der Waals surface area contributed by atoms with E-state index in [0.29, 0.717) is 10.8 Å². The fourth-order valence-electron chi connectivity index (χ4n) is 1.99. The van der Waals surface area contributed by atoms with Gasteiger partial charge in [-0.1, -0.05) is 27.7 Å². The molecule has 1 atom stereocenters. The van der Waals surface area contributed by atoms with Crippen LogP contribution in [-0.2, 0) is 0 Å². The second-order valence-electron chi connectivity index (χ2n) is 3.89. The summed E-state index contributed by atoms with van der Waals surface area (Å²) in [6, 6.07) is 0. The van der Waals surface area contributed by atoms with E-state index in [1.807, 2.05) is 0 Å². The predicted molar refractivity (Wildman–Crippen MR) is 44.4 cm³/mol. The molecule has 1 fully saturated rings. The third-order valence-electron chi connectivity index (χ3n) is 3.46. The Balaban J connectivity index is 2.89. The highest BCUT2D eigenvalue weighted by atomic mass is 14.7. The SMILES string of the molecule is CC[C@]1(C)/C(=C/N)C1(C)C. The van der Waals surface area contributed by atoms with Crippen LogP contribution >= 0.6 is 0 Å². The van der Waals surface area contributed by atoms with Crippen molar-refractivity contribution in [1.82, 2.24) is 0 Å². The minimum atomic E-state index is 0.358. The predicted octanol–water partition coefficient (Wildman–Crippen LogP) is 2.29. The zero-order valence-electron chi connectivity index (χ0n) is 7.36. The quantitative estimate of drug-likeness (QED) is 0.592. The van der Waals surface area contributed by atoms with Gasteiger partial charge in [0.2, 0.25) is 0 Å². The Kier molecular flexibility index (Phi) is 1.36. The summed E-state index contributed by atoms with van der Waals surface area (Å²) in [5.74, 6) is 0. The number of nitrogens with two attached hydrogens (primary N) is 1. The second-order valence-corrected chi connectivity index (χ2v) is 3.89. The molecule has 0 unspecified atom stereocenters. The van der Waals surface area contributed by atoms with Crippen molar-refractivity contribution in [3.8, 4) is 0 Å². The average molecular weight is 139 g/mol. The summed E-state index contributed by atoms with van der Waals surface area (Å²) in [6.07, 6.45) is 2.98. The molecule has 0 aliphatic heterocycles. The van der Waals surface area contributed by atoms with E-state index in [0.717, 1.165) is 0 Å². The molecule has 1 aliphatic carbocycles. The van der Waals surface area contributed by atoms with E-state index in [1.165, 1.54) is 12.0 Å². The lowest BCUT2D eigenvalue weighted by molar-refractivity contribution is 0.407. The average Bonchev–Trinajstić information content (AvgIpc) is 2.29. The van der Waals surface area contributed by atoms with Crippen molar-refractivity contribution < 1.29 is 0 Å². The van der Waals surface area contributed by atoms with Gasteiger partial charge in [0.05, 0.1) is 0 Å². The minimum absolute atomic E-state index is 0.358. The van der Waals surface area contributed by atoms with Crippen LogP contribution in [0.3, 0.4) is 0 Å². The number of rotatable bonds is 1. The zero-order chi connectivity index (χ0) is 7.99. The van der Waals surface area contributed by atoms with Gasteiger partial charge in [0, 0.05) is 0 Å². The van der Waals surface area contributed by atoms with E-state index in [9.17, 15) is 0 Å². The Hall–Kier alpha value is -0.460. The summed E-state index contributed by atoms with van der Waals surface area (Å²) in [4.78, 5) is 0. The molecule has 0 spiro atoms. The summed E-state index contributed by atoms with van der Waals surface area (Å²) in [5.41, 5.74) is 7.67. The molecule has 1 heteroatoms. The Morgan fingerprint density at radius 2 is 1.90 bits per heavy atom. The topological polar surface area (TPSA) is 26.0 Å². The van der Waals surface area contributed by atoms with Crippen LogP contribution in [0, 0.1) is 10.8 Å². The van der Waals surface area contributed by atoms with Crippen molar-refractivity contribution in [3.05, 3.63) is 11.8 Å². The van der Waals surface area contributed by atoms with E-state index < -0.39 is 0 Å². The first-order valence-corrected chi connectivity index (χ1v) is 3.93. The monoisotopic (exact) mass is 139 g/mol. The third-order valence-corrected chi connectivity index (χ3v) is 3.46. The van der Waals surface area contributed by atoms with Crippen LogP contribution in [-0.4, -0.2) is 0 Å². The largest absolute Gasteiger partial charge is 0.405 e. The summed E-state index contributed by atoms with van der Waals surface area (Å²) in [5, 5.41) is 0. The van der Waals surface area contributed by atoms with Crippen molar-refractivity contribution in [2.75, 3.05) is 0 Å². The van der Waals surface area contributed by atoms with Gasteiger partial charge in [0.25, 0.3) is 0 Å². The van der Waals surface area contributed by atoms with Gasteiger partial charge in [-0.2, -0.15) is 0 Å². The van der Waals surface area contributed by atoms with E-state index >= 15 is 0 Å². The van der Waals surface area contributed by atoms with Gasteiger partial charge in [-0.15, -0.1) is 0 Å². The smallest absolute Gasteiger partial charge is 0.000699 e. The van der Waals surface area contributed by atoms with E-state index in [1.54, 1.807) is 6.20 Å². The molecule has 0 aromatic heterocycles. The zero-order valence-corrected chi connectivity index (χ0v) is 7.36. The Morgan fingerprint density at radius 3 is 2.00 bits per heavy atom. The van der Waals surface area contributed by atoms with E-state index in [-0.39, 0.29) is 0 Å². The van der Waals surface area contributed by atoms with Gasteiger partial charge in [0.1, 0.15) is 0 Å². The molecule has 0 saturated heterocycles. The van der Waals surface area contributed by atoms with Gasteiger partial charge in [0.15, 0.2) is 0 Å². The summed E-state index contributed by atoms with van der Waals surface area (Å²) >= 11 is 0. The first-order chi connectivity index (χ1) is 4.50. The highest BCUT2D eigenvalue weighted by Crippen LogP contribution is 2.69. The summed E-state index contributed by atoms with van der Waals surface area (Å²) in [6.45, 7) is 9.02. The van der Waals surface area contributed by atoms with Crippen LogP contribution in [0.2, 0.25) is 0 Å². The fraction of sp³-hybridized carbons (Fsp3) is 0.778. The van der Waals surface area contributed by atoms with Gasteiger partial charge in [-0.25, -0.2) is 0 Å². The molecule has 1 saturated carbocycles. The Morgan fingerprint density at radius 1 is 1.40 bits per heavy atom. The van der Waals surface area contributed by atoms with Crippen LogP contribution in [0.25, 0.3) is 0 Å². The maximum Gasteiger partial charge on any atom is -0.000699 e. The van der Waals surface area contributed by atoms with Crippen LogP contribution in [0.5, 0.6) is 0 Å². The maximum absolute atomic E-state index is 5.50. The molecular weight excluding hydrogens is 122 g/mol. The molecule has 1 nitrogen and oxygen atoms in total. The molecule has 0 bridgehead atoms. The van der Waals surface area contributed by atoms with Crippen LogP contribution in [0.4, 0.5) is 0 Å². The van der Waals surface area contributed by atoms with E-state index in [2.05, 4.69) is 27.7 Å². The highest BCUT2D eigenvalue weighted by molar-refractivity contribution is 5.41. The fourth-order valence-corrected chi connectivity index (χ4v) is 1.99. The lowest BCUT2D eigenvalue weighted by Crippen LogP contribution is -2.00. The molecule has 2 N–H and O–H groups in total. The van der Waals surface area contributed by atoms with Crippen LogP contribution < -0.4 is 5.73 Å². The minimum Gasteiger partial charge on any atom is -0.405 e. The molecule has 0 radical (unpaired) electrons. The summed E-state index contributed by atoms with van der Waals surface area (Å²) in [7, 11) is 0. The molecule has 1 rings (SSSR count). The number of allylic oxidation sites excluding steroid dienone is 1. The van der Waals surface area contributed by atoms with E-state index in [4.69, 9.17) is 5.73 Å². The summed E-state index contributed by atoms with van der Waals surface area (Å²) < 4.78 is 0. The van der Waals surface area contributed by atoms with Gasteiger partial charge < -0.3 is 5.73 Å². The Labute approximate surface area is 63.3 Å². The number of hydrogen-bond donors (Lipinski definition) is 1. The number of hydrogen-bond acceptors (Lipinski definition) is 1. The standard InChI is InChI=1S/C9H17N/c1-5-9(4)7(6-10)8(9,2)3/h6H,5,10H2,1-4H3/b7-6+/t9-/m1/s1. The van der Waals surface area contributed by atoms with Crippen LogP contribution in [0.15, 0.2) is 11.8 Å². The first kappa shape index (κ1) is 7.64. The molecule has 0 aromatic rings. The molecule has 0 heterocycles. The molecule has 0 aromatic carbocycles. The van der Waals surface area contributed by atoms with Gasteiger partial charge in [-0.3, -0.25) is 0 Å². The first-order valence-electron chi connectivity index (χ1n) is 3.93. The molecular formula is C9H17N. The lowest BCUT2D eigenvalue weighted by Gasteiger charge is -2.08. The van der Waals surface area contributed by atoms with Crippen molar-refractivity contribution in [1.29, 1.82) is 0 Å². The van der Waals surface area contributed by atoms with Crippen molar-refractivity contribution in [3.63, 3.8) is 0 Å². The van der Waals surface area contributed by atoms with Gasteiger partial charge in [-0.05, 0) is 29.0 Å². The molecule has 10 heavy (non-hydrogen) atoms.